The lowest BCUT2D eigenvalue weighted by molar-refractivity contribution is 0.275. The van der Waals surface area contributed by atoms with E-state index >= 15 is 0 Å². The van der Waals surface area contributed by atoms with Crippen molar-refractivity contribution in [2.45, 2.75) is 13.0 Å². The zero-order valence-electron chi connectivity index (χ0n) is 10.8. The van der Waals surface area contributed by atoms with E-state index in [0.717, 1.165) is 5.56 Å². The van der Waals surface area contributed by atoms with E-state index < -0.39 is 0 Å². The number of hydrogen-bond acceptors (Lipinski definition) is 5. The molecule has 0 aliphatic rings. The monoisotopic (exact) mass is 259 g/mol. The first-order valence-corrected chi connectivity index (χ1v) is 6.21. The van der Waals surface area contributed by atoms with Crippen LogP contribution < -0.4 is 10.1 Å². The van der Waals surface area contributed by atoms with E-state index in [0.29, 0.717) is 18.4 Å². The van der Waals surface area contributed by atoms with Crippen molar-refractivity contribution in [2.75, 3.05) is 18.5 Å². The molecule has 1 aromatic heterocycles. The maximum absolute atomic E-state index is 9.46. The van der Waals surface area contributed by atoms with Crippen LogP contribution in [-0.4, -0.2) is 28.3 Å². The van der Waals surface area contributed by atoms with Crippen LogP contribution in [0.1, 0.15) is 18.5 Å². The van der Waals surface area contributed by atoms with E-state index in [2.05, 4.69) is 15.3 Å². The second-order valence-corrected chi connectivity index (χ2v) is 3.94. The summed E-state index contributed by atoms with van der Waals surface area (Å²) in [5.41, 5.74) is 0.982. The Morgan fingerprint density at radius 3 is 2.74 bits per heavy atom. The van der Waals surface area contributed by atoms with Crippen LogP contribution in [-0.2, 0) is 0 Å². The molecular formula is C14H17N3O2. The average molecular weight is 259 g/mol. The predicted molar refractivity (Wildman–Crippen MR) is 73.1 cm³/mol. The van der Waals surface area contributed by atoms with Crippen LogP contribution in [0.3, 0.4) is 0 Å². The summed E-state index contributed by atoms with van der Waals surface area (Å²) >= 11 is 0. The zero-order chi connectivity index (χ0) is 13.5. The minimum atomic E-state index is -0.238. The van der Waals surface area contributed by atoms with E-state index in [1.165, 1.54) is 0 Å². The lowest BCUT2D eigenvalue weighted by Gasteiger charge is -2.16. The molecule has 0 radical (unpaired) electrons. The van der Waals surface area contributed by atoms with Gasteiger partial charge in [0.25, 0.3) is 0 Å². The summed E-state index contributed by atoms with van der Waals surface area (Å²) < 4.78 is 5.31. The zero-order valence-corrected chi connectivity index (χ0v) is 10.8. The number of aromatic nitrogens is 2. The highest BCUT2D eigenvalue weighted by Crippen LogP contribution is 2.17. The number of ether oxygens (including phenoxy) is 1. The molecule has 0 bridgehead atoms. The third-order valence-electron chi connectivity index (χ3n) is 2.61. The molecule has 5 heteroatoms. The topological polar surface area (TPSA) is 67.3 Å². The Labute approximate surface area is 112 Å². The van der Waals surface area contributed by atoms with Gasteiger partial charge in [-0.2, -0.15) is 4.98 Å². The normalized spacial score (nSPS) is 11.9. The van der Waals surface area contributed by atoms with E-state index in [4.69, 9.17) is 4.74 Å². The van der Waals surface area contributed by atoms with Crippen molar-refractivity contribution in [3.63, 3.8) is 0 Å². The lowest BCUT2D eigenvalue weighted by atomic mass is 10.1. The first kappa shape index (κ1) is 13.3. The Hall–Kier alpha value is -2.14. The lowest BCUT2D eigenvalue weighted by Crippen LogP contribution is -2.16. The van der Waals surface area contributed by atoms with Crippen LogP contribution in [0.2, 0.25) is 0 Å². The number of aliphatic hydroxyl groups is 1. The van der Waals surface area contributed by atoms with Gasteiger partial charge in [-0.1, -0.05) is 30.3 Å². The number of hydrogen-bond donors (Lipinski definition) is 2. The van der Waals surface area contributed by atoms with Crippen molar-refractivity contribution >= 4 is 5.95 Å². The first-order chi connectivity index (χ1) is 9.33. The molecule has 0 aliphatic heterocycles. The van der Waals surface area contributed by atoms with E-state index in [9.17, 15) is 5.11 Å². The number of anilines is 1. The van der Waals surface area contributed by atoms with Gasteiger partial charge >= 0.3 is 0 Å². The highest BCUT2D eigenvalue weighted by molar-refractivity contribution is 5.33. The maximum Gasteiger partial charge on any atom is 0.226 e. The van der Waals surface area contributed by atoms with Gasteiger partial charge in [-0.15, -0.1) is 0 Å². The van der Waals surface area contributed by atoms with E-state index in [-0.39, 0.29) is 12.6 Å². The highest BCUT2D eigenvalue weighted by atomic mass is 16.5. The number of nitrogens with one attached hydrogen (secondary N) is 1. The Bertz CT molecular complexity index is 505. The van der Waals surface area contributed by atoms with Gasteiger partial charge in [0.2, 0.25) is 11.8 Å². The molecule has 0 fully saturated rings. The summed E-state index contributed by atoms with van der Waals surface area (Å²) in [6.07, 6.45) is 1.62. The second-order valence-electron chi connectivity index (χ2n) is 3.94. The Morgan fingerprint density at radius 2 is 2.05 bits per heavy atom. The van der Waals surface area contributed by atoms with Crippen LogP contribution in [0.4, 0.5) is 5.95 Å². The van der Waals surface area contributed by atoms with Crippen LogP contribution in [0.5, 0.6) is 5.88 Å². The summed E-state index contributed by atoms with van der Waals surface area (Å²) in [7, 11) is 0. The molecule has 0 aliphatic carbocycles. The molecule has 1 unspecified atom stereocenters. The van der Waals surface area contributed by atoms with Crippen LogP contribution >= 0.6 is 0 Å². The van der Waals surface area contributed by atoms with Gasteiger partial charge in [0.05, 0.1) is 19.3 Å². The van der Waals surface area contributed by atoms with Gasteiger partial charge in [0, 0.05) is 12.3 Å². The Balaban J connectivity index is 2.12. The van der Waals surface area contributed by atoms with Gasteiger partial charge in [-0.25, -0.2) is 4.98 Å². The van der Waals surface area contributed by atoms with Gasteiger partial charge in [0.1, 0.15) is 0 Å². The summed E-state index contributed by atoms with van der Waals surface area (Å²) in [6, 6.07) is 11.1. The van der Waals surface area contributed by atoms with Gasteiger partial charge in [-0.3, -0.25) is 0 Å². The standard InChI is InChI=1S/C14H17N3O2/c1-2-19-13-8-9-15-14(17-13)16-12(10-18)11-6-4-3-5-7-11/h3-9,12,18H,2,10H2,1H3,(H,15,16,17). The Morgan fingerprint density at radius 1 is 1.26 bits per heavy atom. The van der Waals surface area contributed by atoms with Crippen molar-refractivity contribution in [2.24, 2.45) is 0 Å². The van der Waals surface area contributed by atoms with Crippen LogP contribution in [0.25, 0.3) is 0 Å². The van der Waals surface area contributed by atoms with Crippen molar-refractivity contribution in [3.05, 3.63) is 48.2 Å². The summed E-state index contributed by atoms with van der Waals surface area (Å²) in [6.45, 7) is 2.42. The minimum Gasteiger partial charge on any atom is -0.478 e. The largest absolute Gasteiger partial charge is 0.478 e. The molecule has 0 amide bonds. The smallest absolute Gasteiger partial charge is 0.226 e. The Kier molecular flexibility index (Phi) is 4.69. The van der Waals surface area contributed by atoms with Gasteiger partial charge < -0.3 is 15.2 Å². The highest BCUT2D eigenvalue weighted by Gasteiger charge is 2.11. The van der Waals surface area contributed by atoms with Crippen molar-refractivity contribution in [3.8, 4) is 5.88 Å². The number of nitrogens with zero attached hydrogens (tertiary/aromatic N) is 2. The van der Waals surface area contributed by atoms with Crippen LogP contribution in [0.15, 0.2) is 42.6 Å². The molecule has 0 saturated carbocycles. The molecule has 100 valence electrons. The number of rotatable bonds is 6. The van der Waals surface area contributed by atoms with E-state index in [1.54, 1.807) is 12.3 Å². The minimum absolute atomic E-state index is 0.0355. The second kappa shape index (κ2) is 6.70. The summed E-state index contributed by atoms with van der Waals surface area (Å²) in [5, 5.41) is 12.6. The molecule has 2 rings (SSSR count). The first-order valence-electron chi connectivity index (χ1n) is 6.21. The quantitative estimate of drug-likeness (QED) is 0.830. The predicted octanol–water partition coefficient (Wildman–Crippen LogP) is 2.02. The third-order valence-corrected chi connectivity index (χ3v) is 2.61. The molecule has 0 spiro atoms. The third kappa shape index (κ3) is 3.66. The van der Waals surface area contributed by atoms with Gasteiger partial charge in [-0.05, 0) is 12.5 Å². The maximum atomic E-state index is 9.46. The van der Waals surface area contributed by atoms with Crippen molar-refractivity contribution < 1.29 is 9.84 Å². The molecule has 1 heterocycles. The molecule has 5 nitrogen and oxygen atoms in total. The average Bonchev–Trinajstić information content (AvgIpc) is 2.46. The van der Waals surface area contributed by atoms with Crippen molar-refractivity contribution in [1.82, 2.24) is 9.97 Å². The van der Waals surface area contributed by atoms with Crippen molar-refractivity contribution in [1.29, 1.82) is 0 Å². The fraction of sp³-hybridized carbons (Fsp3) is 0.286. The molecule has 1 aromatic carbocycles. The molecule has 0 saturated heterocycles. The molecule has 2 aromatic rings. The number of aliphatic hydroxyl groups excluding tert-OH is 1. The van der Waals surface area contributed by atoms with Crippen LogP contribution in [0, 0.1) is 0 Å². The summed E-state index contributed by atoms with van der Waals surface area (Å²) in [5.74, 6) is 0.957. The SMILES string of the molecule is CCOc1ccnc(NC(CO)c2ccccc2)n1. The fourth-order valence-corrected chi connectivity index (χ4v) is 1.72. The molecule has 1 atom stereocenters. The molecule has 2 N–H and O–H groups in total. The van der Waals surface area contributed by atoms with E-state index in [1.807, 2.05) is 37.3 Å². The molecule has 19 heavy (non-hydrogen) atoms. The fourth-order valence-electron chi connectivity index (χ4n) is 1.72. The van der Waals surface area contributed by atoms with Gasteiger partial charge in [0.15, 0.2) is 0 Å². The molecular weight excluding hydrogens is 242 g/mol. The number of benzene rings is 1. The summed E-state index contributed by atoms with van der Waals surface area (Å²) in [4.78, 5) is 8.34.